The van der Waals surface area contributed by atoms with Gasteiger partial charge in [-0.15, -0.1) is 0 Å². The third kappa shape index (κ3) is 2.55. The summed E-state index contributed by atoms with van der Waals surface area (Å²) >= 11 is 0. The normalized spacial score (nSPS) is 23.0. The second-order valence-electron chi connectivity index (χ2n) is 5.28. The summed E-state index contributed by atoms with van der Waals surface area (Å²) in [6.45, 7) is 1.45. The molecule has 0 bridgehead atoms. The molecule has 3 rings (SSSR count). The average molecular weight is 265 g/mol. The standard InChI is InChI=1S/C14H17F2N3/c15-13(16)11-3-1-2-10(6-11)12-7-18-14(17)19(12)8-9-4-5-9/h1-3,6,9,12-13H,4-5,7-8H2,(H2,17,18). The van der Waals surface area contributed by atoms with E-state index in [1.165, 1.54) is 18.9 Å². The van der Waals surface area contributed by atoms with Crippen molar-refractivity contribution < 1.29 is 8.78 Å². The molecule has 0 saturated heterocycles. The van der Waals surface area contributed by atoms with Crippen LogP contribution < -0.4 is 5.73 Å². The summed E-state index contributed by atoms with van der Waals surface area (Å²) in [5.74, 6) is 1.23. The van der Waals surface area contributed by atoms with Gasteiger partial charge in [0.2, 0.25) is 0 Å². The molecule has 3 nitrogen and oxygen atoms in total. The molecule has 0 spiro atoms. The molecule has 1 unspecified atom stereocenters. The van der Waals surface area contributed by atoms with E-state index in [4.69, 9.17) is 5.73 Å². The van der Waals surface area contributed by atoms with Gasteiger partial charge in [-0.2, -0.15) is 0 Å². The van der Waals surface area contributed by atoms with E-state index in [0.717, 1.165) is 12.1 Å². The Kier molecular flexibility index (Phi) is 3.12. The lowest BCUT2D eigenvalue weighted by Crippen LogP contribution is -2.37. The van der Waals surface area contributed by atoms with E-state index in [-0.39, 0.29) is 11.6 Å². The maximum absolute atomic E-state index is 12.8. The molecule has 0 radical (unpaired) electrons. The molecule has 1 saturated carbocycles. The number of guanidine groups is 1. The van der Waals surface area contributed by atoms with Crippen molar-refractivity contribution >= 4 is 5.96 Å². The van der Waals surface area contributed by atoms with E-state index in [1.807, 2.05) is 6.07 Å². The van der Waals surface area contributed by atoms with Crippen LogP contribution in [0.5, 0.6) is 0 Å². The van der Waals surface area contributed by atoms with Crippen molar-refractivity contribution in [1.82, 2.24) is 4.90 Å². The van der Waals surface area contributed by atoms with Gasteiger partial charge in [0.1, 0.15) is 0 Å². The predicted octanol–water partition coefficient (Wildman–Crippen LogP) is 2.71. The summed E-state index contributed by atoms with van der Waals surface area (Å²) in [5.41, 5.74) is 6.85. The molecule has 1 aliphatic carbocycles. The first-order chi connectivity index (χ1) is 9.15. The largest absolute Gasteiger partial charge is 0.370 e. The molecule has 1 heterocycles. The molecule has 5 heteroatoms. The summed E-state index contributed by atoms with van der Waals surface area (Å²) in [5, 5.41) is 0. The van der Waals surface area contributed by atoms with Crippen LogP contribution >= 0.6 is 0 Å². The molecule has 2 aliphatic rings. The number of hydrogen-bond donors (Lipinski definition) is 1. The van der Waals surface area contributed by atoms with Gasteiger partial charge < -0.3 is 10.6 Å². The molecular formula is C14H17F2N3. The highest BCUT2D eigenvalue weighted by Gasteiger charge is 2.33. The smallest absolute Gasteiger partial charge is 0.263 e. The van der Waals surface area contributed by atoms with Gasteiger partial charge in [-0.1, -0.05) is 18.2 Å². The highest BCUT2D eigenvalue weighted by molar-refractivity contribution is 5.80. The monoisotopic (exact) mass is 265 g/mol. The van der Waals surface area contributed by atoms with E-state index in [0.29, 0.717) is 18.4 Å². The zero-order valence-electron chi connectivity index (χ0n) is 10.6. The Morgan fingerprint density at radius 3 is 2.84 bits per heavy atom. The Hall–Kier alpha value is -1.65. The van der Waals surface area contributed by atoms with Crippen LogP contribution in [0.25, 0.3) is 0 Å². The maximum atomic E-state index is 12.8. The van der Waals surface area contributed by atoms with Crippen LogP contribution in [0, 0.1) is 5.92 Å². The summed E-state index contributed by atoms with van der Waals surface area (Å²) in [4.78, 5) is 6.32. The van der Waals surface area contributed by atoms with Gasteiger partial charge in [0.05, 0.1) is 12.6 Å². The minimum atomic E-state index is -2.43. The molecule has 102 valence electrons. The Morgan fingerprint density at radius 1 is 1.37 bits per heavy atom. The quantitative estimate of drug-likeness (QED) is 0.909. The van der Waals surface area contributed by atoms with Gasteiger partial charge in [-0.05, 0) is 30.4 Å². The van der Waals surface area contributed by atoms with Crippen LogP contribution in [0.15, 0.2) is 29.3 Å². The number of nitrogens with two attached hydrogens (primary N) is 1. The number of benzene rings is 1. The highest BCUT2D eigenvalue weighted by Crippen LogP contribution is 2.35. The fraction of sp³-hybridized carbons (Fsp3) is 0.500. The van der Waals surface area contributed by atoms with Crippen LogP contribution in [-0.4, -0.2) is 23.9 Å². The fourth-order valence-electron chi connectivity index (χ4n) is 2.52. The lowest BCUT2D eigenvalue weighted by molar-refractivity contribution is 0.151. The molecule has 1 fully saturated rings. The number of halogens is 2. The molecule has 2 N–H and O–H groups in total. The minimum absolute atomic E-state index is 0.0132. The number of alkyl halides is 2. The van der Waals surface area contributed by atoms with Gasteiger partial charge in [0.15, 0.2) is 5.96 Å². The number of aliphatic imine (C=N–C) groups is 1. The summed E-state index contributed by atoms with van der Waals surface area (Å²) in [7, 11) is 0. The third-order valence-corrected chi connectivity index (χ3v) is 3.80. The fourth-order valence-corrected chi connectivity index (χ4v) is 2.52. The lowest BCUT2D eigenvalue weighted by Gasteiger charge is -2.26. The predicted molar refractivity (Wildman–Crippen MR) is 70.1 cm³/mol. The molecule has 1 aliphatic heterocycles. The Balaban J connectivity index is 1.82. The van der Waals surface area contributed by atoms with Crippen molar-refractivity contribution in [3.05, 3.63) is 35.4 Å². The van der Waals surface area contributed by atoms with Crippen molar-refractivity contribution in [3.63, 3.8) is 0 Å². The van der Waals surface area contributed by atoms with E-state index in [1.54, 1.807) is 12.1 Å². The Morgan fingerprint density at radius 2 is 2.16 bits per heavy atom. The first-order valence-electron chi connectivity index (χ1n) is 6.59. The summed E-state index contributed by atoms with van der Waals surface area (Å²) < 4.78 is 25.5. The van der Waals surface area contributed by atoms with Crippen LogP contribution in [-0.2, 0) is 0 Å². The third-order valence-electron chi connectivity index (χ3n) is 3.80. The van der Waals surface area contributed by atoms with E-state index < -0.39 is 6.43 Å². The number of nitrogens with zero attached hydrogens (tertiary/aromatic N) is 2. The lowest BCUT2D eigenvalue weighted by atomic mass is 10.0. The van der Waals surface area contributed by atoms with Crippen molar-refractivity contribution in [2.45, 2.75) is 25.3 Å². The molecule has 0 amide bonds. The van der Waals surface area contributed by atoms with Crippen LogP contribution in [0.1, 0.15) is 36.4 Å². The molecule has 1 aromatic rings. The minimum Gasteiger partial charge on any atom is -0.370 e. The van der Waals surface area contributed by atoms with Crippen molar-refractivity contribution in [2.75, 3.05) is 13.1 Å². The van der Waals surface area contributed by atoms with Crippen LogP contribution in [0.3, 0.4) is 0 Å². The number of rotatable bonds is 4. The van der Waals surface area contributed by atoms with Gasteiger partial charge in [-0.3, -0.25) is 4.99 Å². The first-order valence-corrected chi connectivity index (χ1v) is 6.59. The van der Waals surface area contributed by atoms with Crippen LogP contribution in [0.2, 0.25) is 0 Å². The van der Waals surface area contributed by atoms with Crippen molar-refractivity contribution in [2.24, 2.45) is 16.6 Å². The maximum Gasteiger partial charge on any atom is 0.263 e. The van der Waals surface area contributed by atoms with Gasteiger partial charge in [0, 0.05) is 12.1 Å². The molecule has 1 aromatic carbocycles. The van der Waals surface area contributed by atoms with E-state index in [2.05, 4.69) is 9.89 Å². The van der Waals surface area contributed by atoms with E-state index >= 15 is 0 Å². The zero-order chi connectivity index (χ0) is 13.4. The Labute approximate surface area is 111 Å². The van der Waals surface area contributed by atoms with Crippen LogP contribution in [0.4, 0.5) is 8.78 Å². The van der Waals surface area contributed by atoms with Gasteiger partial charge in [-0.25, -0.2) is 8.78 Å². The average Bonchev–Trinajstić information content (AvgIpc) is 3.14. The van der Waals surface area contributed by atoms with Gasteiger partial charge in [0.25, 0.3) is 6.43 Å². The van der Waals surface area contributed by atoms with Gasteiger partial charge >= 0.3 is 0 Å². The highest BCUT2D eigenvalue weighted by atomic mass is 19.3. The first kappa shape index (κ1) is 12.4. The second-order valence-corrected chi connectivity index (χ2v) is 5.28. The topological polar surface area (TPSA) is 41.6 Å². The summed E-state index contributed by atoms with van der Waals surface area (Å²) in [6, 6.07) is 6.60. The zero-order valence-corrected chi connectivity index (χ0v) is 10.6. The Bertz CT molecular complexity index is 497. The molecule has 19 heavy (non-hydrogen) atoms. The molecular weight excluding hydrogens is 248 g/mol. The van der Waals surface area contributed by atoms with Crippen molar-refractivity contribution in [3.8, 4) is 0 Å². The summed E-state index contributed by atoms with van der Waals surface area (Å²) in [6.07, 6.45) is 0.0257. The number of hydrogen-bond acceptors (Lipinski definition) is 3. The molecule has 0 aromatic heterocycles. The van der Waals surface area contributed by atoms with E-state index in [9.17, 15) is 8.78 Å². The SMILES string of the molecule is NC1=NCC(c2cccc(C(F)F)c2)N1CC1CC1. The second kappa shape index (κ2) is 4.79. The van der Waals surface area contributed by atoms with Crippen molar-refractivity contribution in [1.29, 1.82) is 0 Å². The molecule has 1 atom stereocenters.